The zero-order valence-electron chi connectivity index (χ0n) is 19.8. The number of fused-ring (bicyclic) bond motifs is 1. The Hall–Kier alpha value is -3.22. The fourth-order valence-electron chi connectivity index (χ4n) is 4.60. The van der Waals surface area contributed by atoms with E-state index in [4.69, 9.17) is 0 Å². The van der Waals surface area contributed by atoms with Crippen LogP contribution in [0.1, 0.15) is 24.0 Å². The number of piperidine rings is 1. The number of anilines is 2. The van der Waals surface area contributed by atoms with E-state index < -0.39 is 0 Å². The van der Waals surface area contributed by atoms with E-state index in [9.17, 15) is 0 Å². The zero-order valence-corrected chi connectivity index (χ0v) is 20.7. The van der Waals surface area contributed by atoms with Gasteiger partial charge in [-0.25, -0.2) is 9.97 Å². The number of benzene rings is 2. The lowest BCUT2D eigenvalue weighted by atomic mass is 9.90. The molecule has 0 spiro atoms. The van der Waals surface area contributed by atoms with Crippen LogP contribution in [0.25, 0.3) is 26.9 Å². The van der Waals surface area contributed by atoms with E-state index in [1.54, 1.807) is 11.3 Å². The maximum absolute atomic E-state index is 4.62. The van der Waals surface area contributed by atoms with Crippen molar-refractivity contribution in [2.24, 2.45) is 5.92 Å². The first-order valence-electron chi connectivity index (χ1n) is 11.8. The molecule has 5 nitrogen and oxygen atoms in total. The smallest absolute Gasteiger partial charge is 0.182 e. The molecule has 3 heterocycles. The largest absolute Gasteiger partial charge is 0.365 e. The van der Waals surface area contributed by atoms with Gasteiger partial charge in [-0.15, -0.1) is 0 Å². The highest BCUT2D eigenvalue weighted by molar-refractivity contribution is 7.18. The maximum Gasteiger partial charge on any atom is 0.182 e. The predicted octanol–water partition coefficient (Wildman–Crippen LogP) is 6.37. The second-order valence-corrected chi connectivity index (χ2v) is 10.2. The van der Waals surface area contributed by atoms with Crippen LogP contribution in [-0.4, -0.2) is 42.1 Å². The summed E-state index contributed by atoms with van der Waals surface area (Å²) >= 11 is 1.65. The Balaban J connectivity index is 1.31. The Kier molecular flexibility index (Phi) is 6.61. The number of thiazole rings is 1. The fourth-order valence-corrected chi connectivity index (χ4v) is 5.36. The Bertz CT molecular complexity index is 1300. The summed E-state index contributed by atoms with van der Waals surface area (Å²) in [6, 6.07) is 17.3. The molecule has 0 unspecified atom stereocenters. The second kappa shape index (κ2) is 9.95. The first kappa shape index (κ1) is 22.6. The number of nitrogens with zero attached hydrogens (tertiary/aromatic N) is 3. The molecule has 2 aromatic heterocycles. The molecular formula is C28H31N5S. The highest BCUT2D eigenvalue weighted by atomic mass is 32.1. The van der Waals surface area contributed by atoms with Gasteiger partial charge in [-0.05, 0) is 85.6 Å². The molecule has 2 aromatic carbocycles. The molecule has 0 amide bonds. The Labute approximate surface area is 205 Å². The molecular weight excluding hydrogens is 438 g/mol. The van der Waals surface area contributed by atoms with Gasteiger partial charge >= 0.3 is 0 Å². The van der Waals surface area contributed by atoms with Gasteiger partial charge < -0.3 is 15.5 Å². The van der Waals surface area contributed by atoms with Crippen molar-refractivity contribution in [2.45, 2.75) is 19.3 Å². The van der Waals surface area contributed by atoms with Gasteiger partial charge in [0.25, 0.3) is 0 Å². The number of hydrogen-bond donors (Lipinski definition) is 2. The normalized spacial score (nSPS) is 14.9. The van der Waals surface area contributed by atoms with Crippen molar-refractivity contribution in [2.75, 3.05) is 37.8 Å². The van der Waals surface area contributed by atoms with E-state index in [-0.39, 0.29) is 0 Å². The summed E-state index contributed by atoms with van der Waals surface area (Å²) in [6.45, 7) is 6.71. The van der Waals surface area contributed by atoms with Gasteiger partial charge in [-0.1, -0.05) is 48.2 Å². The van der Waals surface area contributed by atoms with E-state index >= 15 is 0 Å². The molecule has 0 radical (unpaired) electrons. The van der Waals surface area contributed by atoms with Crippen LogP contribution in [0.5, 0.6) is 0 Å². The van der Waals surface area contributed by atoms with Crippen LogP contribution >= 0.6 is 11.3 Å². The number of likely N-dealkylation sites (tertiary alicyclic amines) is 1. The van der Waals surface area contributed by atoms with Gasteiger partial charge in [-0.3, -0.25) is 0 Å². The lowest BCUT2D eigenvalue weighted by Crippen LogP contribution is -2.30. The van der Waals surface area contributed by atoms with Crippen LogP contribution in [0.15, 0.2) is 67.5 Å². The Morgan fingerprint density at radius 3 is 2.71 bits per heavy atom. The molecule has 1 aliphatic rings. The molecule has 34 heavy (non-hydrogen) atoms. The van der Waals surface area contributed by atoms with E-state index in [2.05, 4.69) is 87.7 Å². The van der Waals surface area contributed by atoms with Gasteiger partial charge in [0.05, 0.1) is 4.88 Å². The Morgan fingerprint density at radius 2 is 1.91 bits per heavy atom. The summed E-state index contributed by atoms with van der Waals surface area (Å²) in [7, 11) is 4.11. The predicted molar refractivity (Wildman–Crippen MR) is 145 cm³/mol. The van der Waals surface area contributed by atoms with Crippen molar-refractivity contribution in [3.8, 4) is 10.4 Å². The average molecular weight is 470 g/mol. The monoisotopic (exact) mass is 469 g/mol. The molecule has 1 aliphatic heterocycles. The highest BCUT2D eigenvalue weighted by Gasteiger charge is 2.17. The third kappa shape index (κ3) is 5.13. The van der Waals surface area contributed by atoms with Crippen LogP contribution in [0.3, 0.4) is 0 Å². The van der Waals surface area contributed by atoms with Gasteiger partial charge in [0.2, 0.25) is 0 Å². The summed E-state index contributed by atoms with van der Waals surface area (Å²) in [5.74, 6) is 1.57. The number of nitrogens with one attached hydrogen (secondary N) is 2. The third-order valence-electron chi connectivity index (χ3n) is 6.64. The molecule has 0 bridgehead atoms. The molecule has 1 saturated heterocycles. The molecule has 0 atom stereocenters. The van der Waals surface area contributed by atoms with Crippen molar-refractivity contribution in [3.05, 3.63) is 78.6 Å². The van der Waals surface area contributed by atoms with Crippen LogP contribution < -0.4 is 10.6 Å². The molecule has 174 valence electrons. The first-order valence-corrected chi connectivity index (χ1v) is 12.7. The minimum atomic E-state index is 0.770. The van der Waals surface area contributed by atoms with Crippen LogP contribution in [0.4, 0.5) is 10.9 Å². The van der Waals surface area contributed by atoms with E-state index in [0.29, 0.717) is 0 Å². The number of pyridine rings is 1. The number of aromatic nitrogens is 2. The number of rotatable bonds is 7. The number of hydrogen-bond acceptors (Lipinski definition) is 6. The summed E-state index contributed by atoms with van der Waals surface area (Å²) in [6.07, 6.45) is 7.52. The highest BCUT2D eigenvalue weighted by Crippen LogP contribution is 2.31. The van der Waals surface area contributed by atoms with E-state index in [1.165, 1.54) is 31.5 Å². The summed E-state index contributed by atoms with van der Waals surface area (Å²) < 4.78 is 0. The van der Waals surface area contributed by atoms with Crippen molar-refractivity contribution >= 4 is 38.8 Å². The van der Waals surface area contributed by atoms with Gasteiger partial charge in [-0.2, -0.15) is 0 Å². The SMILES string of the molecule is C=C(Nc1cc2cc(-c3cnc(NC)s3)ccc2cn1)c1cccc(CC2CCN(C)CC2)c1. The first-order chi connectivity index (χ1) is 16.6. The fraction of sp³-hybridized carbons (Fsp3) is 0.286. The van der Waals surface area contributed by atoms with Gasteiger partial charge in [0, 0.05) is 30.5 Å². The van der Waals surface area contributed by atoms with Crippen LogP contribution in [0.2, 0.25) is 0 Å². The zero-order chi connectivity index (χ0) is 23.5. The van der Waals surface area contributed by atoms with E-state index in [1.807, 2.05) is 19.4 Å². The van der Waals surface area contributed by atoms with Crippen LogP contribution in [-0.2, 0) is 6.42 Å². The summed E-state index contributed by atoms with van der Waals surface area (Å²) in [5, 5.41) is 9.70. The van der Waals surface area contributed by atoms with Crippen LogP contribution in [0, 0.1) is 5.92 Å². The molecule has 1 fully saturated rings. The summed E-state index contributed by atoms with van der Waals surface area (Å²) in [4.78, 5) is 12.6. The Morgan fingerprint density at radius 1 is 1.06 bits per heavy atom. The molecule has 5 rings (SSSR count). The molecule has 4 aromatic rings. The summed E-state index contributed by atoms with van der Waals surface area (Å²) in [5.41, 5.74) is 4.53. The minimum Gasteiger partial charge on any atom is -0.365 e. The van der Waals surface area contributed by atoms with Crippen molar-refractivity contribution < 1.29 is 0 Å². The maximum atomic E-state index is 4.62. The second-order valence-electron chi connectivity index (χ2n) is 9.17. The lowest BCUT2D eigenvalue weighted by Gasteiger charge is -2.29. The molecule has 2 N–H and O–H groups in total. The van der Waals surface area contributed by atoms with Crippen molar-refractivity contribution in [3.63, 3.8) is 0 Å². The lowest BCUT2D eigenvalue weighted by molar-refractivity contribution is 0.219. The van der Waals surface area contributed by atoms with Gasteiger partial charge in [0.15, 0.2) is 5.13 Å². The molecule has 6 heteroatoms. The quantitative estimate of drug-likeness (QED) is 0.329. The van der Waals surface area contributed by atoms with Crippen molar-refractivity contribution in [1.29, 1.82) is 0 Å². The third-order valence-corrected chi connectivity index (χ3v) is 7.71. The minimum absolute atomic E-state index is 0.770. The van der Waals surface area contributed by atoms with Gasteiger partial charge in [0.1, 0.15) is 5.82 Å². The topological polar surface area (TPSA) is 53.1 Å². The molecule has 0 aliphatic carbocycles. The standard InChI is InChI=1S/C28H31N5S/c1-19(22-6-4-5-21(14-22)13-20-9-11-33(3)12-10-20)32-27-16-25-15-23(7-8-24(25)17-30-27)26-18-31-28(29-2)34-26/h4-8,14-18,20H,1,9-13H2,2-3H3,(H,29,31)(H,30,32). The van der Waals surface area contributed by atoms with E-state index in [0.717, 1.165) is 55.8 Å². The van der Waals surface area contributed by atoms with Crippen molar-refractivity contribution in [1.82, 2.24) is 14.9 Å². The average Bonchev–Trinajstić information content (AvgIpc) is 3.35. The molecule has 0 saturated carbocycles.